The van der Waals surface area contributed by atoms with Crippen LogP contribution in [0.5, 0.6) is 5.88 Å². The standard InChI is InChI=1S/C20H17ClFN5O/c1-28-20-13(3-2-6-23-20)9-24-17-5-4-12(18(22)27-17)7-14-10-25-19-16(14)8-15(21)11-26-19/h2-6,8,10-11H,7,9H2,1H3,(H,24,27)(H,25,26). The van der Waals surface area contributed by atoms with E-state index in [1.807, 2.05) is 24.4 Å². The van der Waals surface area contributed by atoms with Gasteiger partial charge in [-0.15, -0.1) is 0 Å². The molecule has 0 aromatic carbocycles. The lowest BCUT2D eigenvalue weighted by Crippen LogP contribution is -2.06. The number of methoxy groups -OCH3 is 1. The van der Waals surface area contributed by atoms with Crippen LogP contribution in [0.1, 0.15) is 16.7 Å². The summed E-state index contributed by atoms with van der Waals surface area (Å²) in [4.78, 5) is 15.5. The molecule has 0 spiro atoms. The molecular formula is C20H17ClFN5O. The van der Waals surface area contributed by atoms with Crippen molar-refractivity contribution in [3.8, 4) is 5.88 Å². The highest BCUT2D eigenvalue weighted by Crippen LogP contribution is 2.24. The van der Waals surface area contributed by atoms with Crippen LogP contribution in [0.2, 0.25) is 5.02 Å². The molecule has 0 aliphatic carbocycles. The highest BCUT2D eigenvalue weighted by molar-refractivity contribution is 6.31. The van der Waals surface area contributed by atoms with E-state index in [0.717, 1.165) is 22.2 Å². The normalized spacial score (nSPS) is 11.0. The van der Waals surface area contributed by atoms with E-state index in [2.05, 4.69) is 25.3 Å². The number of rotatable bonds is 6. The first-order valence-corrected chi connectivity index (χ1v) is 9.00. The Kier molecular flexibility index (Phi) is 5.08. The molecule has 2 N–H and O–H groups in total. The number of nitrogens with zero attached hydrogens (tertiary/aromatic N) is 3. The summed E-state index contributed by atoms with van der Waals surface area (Å²) in [5, 5.41) is 4.51. The van der Waals surface area contributed by atoms with E-state index >= 15 is 0 Å². The fraction of sp³-hybridized carbons (Fsp3) is 0.150. The van der Waals surface area contributed by atoms with Crippen molar-refractivity contribution in [3.63, 3.8) is 0 Å². The highest BCUT2D eigenvalue weighted by atomic mass is 35.5. The summed E-state index contributed by atoms with van der Waals surface area (Å²) < 4.78 is 19.8. The summed E-state index contributed by atoms with van der Waals surface area (Å²) in [6, 6.07) is 9.00. The summed E-state index contributed by atoms with van der Waals surface area (Å²) in [5.74, 6) is 0.446. The third kappa shape index (κ3) is 3.75. The number of halogens is 2. The third-order valence-electron chi connectivity index (χ3n) is 4.39. The quantitative estimate of drug-likeness (QED) is 0.473. The number of H-pyrrole nitrogens is 1. The average Bonchev–Trinajstić information content (AvgIpc) is 3.10. The molecule has 28 heavy (non-hydrogen) atoms. The summed E-state index contributed by atoms with van der Waals surface area (Å²) in [6.07, 6.45) is 5.43. The SMILES string of the molecule is COc1ncccc1CNc1ccc(Cc2c[nH]c3ncc(Cl)cc23)c(F)n1. The summed E-state index contributed by atoms with van der Waals surface area (Å²) in [6.45, 7) is 0.426. The molecule has 4 rings (SSSR count). The zero-order chi connectivity index (χ0) is 19.5. The van der Waals surface area contributed by atoms with Crippen LogP contribution in [0.15, 0.2) is 48.9 Å². The van der Waals surface area contributed by atoms with E-state index in [0.29, 0.717) is 35.2 Å². The number of nitrogens with one attached hydrogen (secondary N) is 2. The minimum Gasteiger partial charge on any atom is -0.481 e. The summed E-state index contributed by atoms with van der Waals surface area (Å²) in [7, 11) is 1.56. The largest absolute Gasteiger partial charge is 0.481 e. The number of aromatic amines is 1. The van der Waals surface area contributed by atoms with Gasteiger partial charge in [-0.05, 0) is 23.8 Å². The van der Waals surface area contributed by atoms with Gasteiger partial charge in [0.2, 0.25) is 11.8 Å². The van der Waals surface area contributed by atoms with Gasteiger partial charge in [-0.1, -0.05) is 23.7 Å². The van der Waals surface area contributed by atoms with Crippen LogP contribution < -0.4 is 10.1 Å². The second-order valence-electron chi connectivity index (χ2n) is 6.21. The second-order valence-corrected chi connectivity index (χ2v) is 6.65. The number of fused-ring (bicyclic) bond motifs is 1. The molecule has 142 valence electrons. The van der Waals surface area contributed by atoms with Crippen LogP contribution in [0.25, 0.3) is 11.0 Å². The molecule has 0 aliphatic rings. The maximum absolute atomic E-state index is 14.6. The van der Waals surface area contributed by atoms with Gasteiger partial charge in [0.15, 0.2) is 0 Å². The Labute approximate surface area is 165 Å². The number of aromatic nitrogens is 4. The van der Waals surface area contributed by atoms with E-state index in [9.17, 15) is 4.39 Å². The van der Waals surface area contributed by atoms with Crippen molar-refractivity contribution < 1.29 is 9.13 Å². The van der Waals surface area contributed by atoms with Gasteiger partial charge >= 0.3 is 0 Å². The lowest BCUT2D eigenvalue weighted by molar-refractivity contribution is 0.393. The van der Waals surface area contributed by atoms with E-state index < -0.39 is 5.95 Å². The van der Waals surface area contributed by atoms with E-state index in [4.69, 9.17) is 16.3 Å². The lowest BCUT2D eigenvalue weighted by Gasteiger charge is -2.10. The van der Waals surface area contributed by atoms with Crippen LogP contribution in [0.3, 0.4) is 0 Å². The zero-order valence-corrected chi connectivity index (χ0v) is 15.8. The minimum atomic E-state index is -0.521. The average molecular weight is 398 g/mol. The van der Waals surface area contributed by atoms with Gasteiger partial charge in [-0.3, -0.25) is 0 Å². The Balaban J connectivity index is 1.50. The zero-order valence-electron chi connectivity index (χ0n) is 15.0. The Morgan fingerprint density at radius 2 is 2.07 bits per heavy atom. The second kappa shape index (κ2) is 7.82. The van der Waals surface area contributed by atoms with E-state index in [1.165, 1.54) is 0 Å². The molecule has 6 nitrogen and oxygen atoms in total. The smallest absolute Gasteiger partial charge is 0.218 e. The Bertz CT molecular complexity index is 1130. The highest BCUT2D eigenvalue weighted by Gasteiger charge is 2.11. The van der Waals surface area contributed by atoms with Crippen LogP contribution in [0.4, 0.5) is 10.2 Å². The van der Waals surface area contributed by atoms with E-state index in [-0.39, 0.29) is 0 Å². The predicted molar refractivity (Wildman–Crippen MR) is 106 cm³/mol. The Morgan fingerprint density at radius 1 is 1.18 bits per heavy atom. The molecule has 0 unspecified atom stereocenters. The van der Waals surface area contributed by atoms with Crippen LogP contribution in [0, 0.1) is 5.95 Å². The number of hydrogen-bond donors (Lipinski definition) is 2. The molecule has 0 saturated carbocycles. The van der Waals surface area contributed by atoms with Crippen molar-refractivity contribution >= 4 is 28.5 Å². The van der Waals surface area contributed by atoms with Gasteiger partial charge in [0.25, 0.3) is 0 Å². The van der Waals surface area contributed by atoms with Gasteiger partial charge in [0, 0.05) is 48.1 Å². The third-order valence-corrected chi connectivity index (χ3v) is 4.60. The molecule has 0 fully saturated rings. The molecule has 0 aliphatic heterocycles. The molecule has 8 heteroatoms. The molecule has 4 heterocycles. The first kappa shape index (κ1) is 18.2. The fourth-order valence-electron chi connectivity index (χ4n) is 3.01. The van der Waals surface area contributed by atoms with Gasteiger partial charge in [0.1, 0.15) is 11.5 Å². The van der Waals surface area contributed by atoms with Gasteiger partial charge < -0.3 is 15.0 Å². The molecule has 0 saturated heterocycles. The van der Waals surface area contributed by atoms with Crippen molar-refractivity contribution in [3.05, 3.63) is 76.6 Å². The van der Waals surface area contributed by atoms with Gasteiger partial charge in [-0.2, -0.15) is 4.39 Å². The van der Waals surface area contributed by atoms with Crippen LogP contribution >= 0.6 is 11.6 Å². The molecule has 4 aromatic rings. The van der Waals surface area contributed by atoms with Crippen molar-refractivity contribution in [1.29, 1.82) is 0 Å². The molecule has 0 atom stereocenters. The van der Waals surface area contributed by atoms with Crippen LogP contribution in [-0.4, -0.2) is 27.0 Å². The van der Waals surface area contributed by atoms with Crippen LogP contribution in [-0.2, 0) is 13.0 Å². The lowest BCUT2D eigenvalue weighted by atomic mass is 10.1. The minimum absolute atomic E-state index is 0.386. The molecule has 0 amide bonds. The number of pyridine rings is 3. The summed E-state index contributed by atoms with van der Waals surface area (Å²) >= 11 is 6.03. The Morgan fingerprint density at radius 3 is 2.89 bits per heavy atom. The van der Waals surface area contributed by atoms with Crippen molar-refractivity contribution in [2.45, 2.75) is 13.0 Å². The predicted octanol–water partition coefficient (Wildman–Crippen LogP) is 4.36. The van der Waals surface area contributed by atoms with Gasteiger partial charge in [0.05, 0.1) is 12.1 Å². The molecular weight excluding hydrogens is 381 g/mol. The van der Waals surface area contributed by atoms with Crippen molar-refractivity contribution in [2.75, 3.05) is 12.4 Å². The van der Waals surface area contributed by atoms with Crippen molar-refractivity contribution in [2.24, 2.45) is 0 Å². The molecule has 4 aromatic heterocycles. The number of ether oxygens (including phenoxy) is 1. The number of anilines is 1. The van der Waals surface area contributed by atoms with Gasteiger partial charge in [-0.25, -0.2) is 15.0 Å². The monoisotopic (exact) mass is 397 g/mol. The molecule has 0 radical (unpaired) electrons. The van der Waals surface area contributed by atoms with E-state index in [1.54, 1.807) is 31.6 Å². The van der Waals surface area contributed by atoms with Crippen molar-refractivity contribution in [1.82, 2.24) is 19.9 Å². The first-order valence-electron chi connectivity index (χ1n) is 8.62. The topological polar surface area (TPSA) is 75.7 Å². The summed E-state index contributed by atoms with van der Waals surface area (Å²) in [5.41, 5.74) is 2.98. The molecule has 0 bridgehead atoms. The Hall–Kier alpha value is -3.19. The maximum Gasteiger partial charge on any atom is 0.218 e. The number of hydrogen-bond acceptors (Lipinski definition) is 5. The first-order chi connectivity index (χ1) is 13.6. The maximum atomic E-state index is 14.6. The fourth-order valence-corrected chi connectivity index (χ4v) is 3.16.